The van der Waals surface area contributed by atoms with E-state index in [9.17, 15) is 0 Å². The second kappa shape index (κ2) is 3.69. The normalized spacial score (nSPS) is 24.4. The fourth-order valence-electron chi connectivity index (χ4n) is 1.24. The zero-order chi connectivity index (χ0) is 9.86. The summed E-state index contributed by atoms with van der Waals surface area (Å²) in [5, 5.41) is 10.7. The number of hydrogen-bond donors (Lipinski definition) is 2. The smallest absolute Gasteiger partial charge is 0.204 e. The van der Waals surface area contributed by atoms with Gasteiger partial charge in [0.1, 0.15) is 0 Å². The van der Waals surface area contributed by atoms with E-state index >= 15 is 0 Å². The highest BCUT2D eigenvalue weighted by Crippen LogP contribution is 2.10. The molecule has 0 aromatic heterocycles. The fraction of sp³-hybridized carbons (Fsp3) is 0.200. The topological polar surface area (TPSA) is 62.8 Å². The van der Waals surface area contributed by atoms with Crippen LogP contribution in [0.25, 0.3) is 0 Å². The van der Waals surface area contributed by atoms with Crippen LogP contribution in [0.2, 0.25) is 0 Å². The Hall–Kier alpha value is -1.52. The minimum Gasteiger partial charge on any atom is -0.290 e. The molecule has 3 N–H and O–H groups in total. The summed E-state index contributed by atoms with van der Waals surface area (Å²) in [7, 11) is 0. The van der Waals surface area contributed by atoms with Gasteiger partial charge in [0.15, 0.2) is 0 Å². The van der Waals surface area contributed by atoms with Crippen LogP contribution in [0.1, 0.15) is 5.56 Å². The predicted octanol–water partition coefficient (Wildman–Crippen LogP) is 1.37. The number of benzene rings is 1. The zero-order valence-electron chi connectivity index (χ0n) is 7.72. The Morgan fingerprint density at radius 2 is 2.07 bits per heavy atom. The van der Waals surface area contributed by atoms with Gasteiger partial charge in [0.25, 0.3) is 0 Å². The number of nitrogens with one attached hydrogen (secondary N) is 1. The number of hydrogen-bond acceptors (Lipinski definition) is 4. The molecule has 1 aliphatic heterocycles. The number of azo groups is 1. The lowest BCUT2D eigenvalue weighted by atomic mass is 10.2. The maximum absolute atomic E-state index is 5.85. The van der Waals surface area contributed by atoms with E-state index in [1.165, 1.54) is 5.56 Å². The quantitative estimate of drug-likeness (QED) is 0.703. The first-order valence-corrected chi connectivity index (χ1v) is 4.46. The van der Waals surface area contributed by atoms with Gasteiger partial charge in [-0.05, 0) is 11.6 Å². The van der Waals surface area contributed by atoms with Crippen molar-refractivity contribution in [1.29, 1.82) is 0 Å². The third kappa shape index (κ3) is 2.04. The highest BCUT2D eigenvalue weighted by Gasteiger charge is 2.22. The SMILES string of the molecule is NC1(NCc2ccccc2)C=CN=N1. The second-order valence-electron chi connectivity index (χ2n) is 3.20. The Labute approximate surface area is 82.5 Å². The van der Waals surface area contributed by atoms with Crippen molar-refractivity contribution in [3.63, 3.8) is 0 Å². The van der Waals surface area contributed by atoms with Crippen LogP contribution in [0, 0.1) is 0 Å². The van der Waals surface area contributed by atoms with Gasteiger partial charge in [0.05, 0.1) is 6.20 Å². The van der Waals surface area contributed by atoms with Crippen molar-refractivity contribution in [2.75, 3.05) is 0 Å². The third-order valence-corrected chi connectivity index (χ3v) is 2.04. The van der Waals surface area contributed by atoms with Crippen molar-refractivity contribution >= 4 is 0 Å². The van der Waals surface area contributed by atoms with Crippen molar-refractivity contribution in [1.82, 2.24) is 5.32 Å². The van der Waals surface area contributed by atoms with Crippen LogP contribution in [-0.4, -0.2) is 5.79 Å². The van der Waals surface area contributed by atoms with Crippen molar-refractivity contribution in [2.24, 2.45) is 16.0 Å². The molecule has 4 heteroatoms. The van der Waals surface area contributed by atoms with Gasteiger partial charge in [0.2, 0.25) is 5.79 Å². The van der Waals surface area contributed by atoms with E-state index in [0.29, 0.717) is 6.54 Å². The summed E-state index contributed by atoms with van der Waals surface area (Å²) in [6, 6.07) is 10.0. The Balaban J connectivity index is 1.95. The first-order valence-electron chi connectivity index (χ1n) is 4.46. The molecular formula is C10H12N4. The largest absolute Gasteiger partial charge is 0.290 e. The molecule has 0 bridgehead atoms. The highest BCUT2D eigenvalue weighted by molar-refractivity contribution is 5.15. The minimum absolute atomic E-state index is 0.681. The Morgan fingerprint density at radius 3 is 2.71 bits per heavy atom. The third-order valence-electron chi connectivity index (χ3n) is 2.04. The Morgan fingerprint density at radius 1 is 1.29 bits per heavy atom. The van der Waals surface area contributed by atoms with E-state index in [4.69, 9.17) is 5.73 Å². The van der Waals surface area contributed by atoms with E-state index in [-0.39, 0.29) is 0 Å². The molecule has 2 rings (SSSR count). The summed E-state index contributed by atoms with van der Waals surface area (Å²) in [4.78, 5) is 0. The van der Waals surface area contributed by atoms with Gasteiger partial charge in [-0.1, -0.05) is 30.3 Å². The zero-order valence-corrected chi connectivity index (χ0v) is 7.72. The van der Waals surface area contributed by atoms with E-state index in [0.717, 1.165) is 0 Å². The monoisotopic (exact) mass is 188 g/mol. The van der Waals surface area contributed by atoms with Crippen molar-refractivity contribution in [3.8, 4) is 0 Å². The summed E-state index contributed by atoms with van der Waals surface area (Å²) in [6.45, 7) is 0.681. The summed E-state index contributed by atoms with van der Waals surface area (Å²) >= 11 is 0. The molecule has 0 amide bonds. The van der Waals surface area contributed by atoms with Gasteiger partial charge in [-0.15, -0.1) is 5.11 Å². The van der Waals surface area contributed by atoms with E-state index in [1.807, 2.05) is 30.3 Å². The van der Waals surface area contributed by atoms with Crippen molar-refractivity contribution in [2.45, 2.75) is 12.3 Å². The maximum atomic E-state index is 5.85. The molecule has 0 fully saturated rings. The fourth-order valence-corrected chi connectivity index (χ4v) is 1.24. The van der Waals surface area contributed by atoms with Crippen LogP contribution >= 0.6 is 0 Å². The first kappa shape index (κ1) is 9.05. The minimum atomic E-state index is -0.824. The molecule has 0 aliphatic carbocycles. The average molecular weight is 188 g/mol. The molecule has 4 nitrogen and oxygen atoms in total. The molecule has 1 aliphatic rings. The van der Waals surface area contributed by atoms with Crippen LogP contribution in [0.4, 0.5) is 0 Å². The van der Waals surface area contributed by atoms with Crippen LogP contribution < -0.4 is 11.1 Å². The molecule has 1 atom stereocenters. The Bertz CT molecular complexity index is 344. The second-order valence-corrected chi connectivity index (χ2v) is 3.20. The number of rotatable bonds is 3. The molecule has 0 saturated carbocycles. The predicted molar refractivity (Wildman–Crippen MR) is 54.2 cm³/mol. The van der Waals surface area contributed by atoms with Crippen molar-refractivity contribution < 1.29 is 0 Å². The lowest BCUT2D eigenvalue weighted by Gasteiger charge is -2.18. The van der Waals surface area contributed by atoms with Gasteiger partial charge in [-0.25, -0.2) is 0 Å². The Kier molecular flexibility index (Phi) is 2.39. The summed E-state index contributed by atoms with van der Waals surface area (Å²) in [5.41, 5.74) is 7.02. The molecule has 0 saturated heterocycles. The maximum Gasteiger partial charge on any atom is 0.204 e. The summed E-state index contributed by atoms with van der Waals surface area (Å²) < 4.78 is 0. The van der Waals surface area contributed by atoms with Gasteiger partial charge in [-0.2, -0.15) is 5.11 Å². The lowest BCUT2D eigenvalue weighted by molar-refractivity contribution is 0.426. The summed E-state index contributed by atoms with van der Waals surface area (Å²) in [6.07, 6.45) is 3.33. The van der Waals surface area contributed by atoms with E-state index in [2.05, 4.69) is 15.5 Å². The molecule has 1 unspecified atom stereocenters. The summed E-state index contributed by atoms with van der Waals surface area (Å²) in [5.74, 6) is -0.824. The van der Waals surface area contributed by atoms with Crippen LogP contribution in [-0.2, 0) is 6.54 Å². The van der Waals surface area contributed by atoms with Gasteiger partial charge in [0, 0.05) is 6.54 Å². The molecule has 72 valence electrons. The van der Waals surface area contributed by atoms with Gasteiger partial charge in [-0.3, -0.25) is 11.1 Å². The average Bonchev–Trinajstić information content (AvgIpc) is 2.65. The first-order chi connectivity index (χ1) is 6.79. The molecule has 1 aromatic rings. The van der Waals surface area contributed by atoms with Gasteiger partial charge < -0.3 is 0 Å². The van der Waals surface area contributed by atoms with Crippen molar-refractivity contribution in [3.05, 3.63) is 48.2 Å². The number of nitrogens with zero attached hydrogens (tertiary/aromatic N) is 2. The van der Waals surface area contributed by atoms with E-state index in [1.54, 1.807) is 12.3 Å². The van der Waals surface area contributed by atoms with Crippen LogP contribution in [0.5, 0.6) is 0 Å². The molecule has 1 heterocycles. The van der Waals surface area contributed by atoms with E-state index < -0.39 is 5.79 Å². The standard InChI is InChI=1S/C10H12N4/c11-10(6-7-13-14-10)12-8-9-4-2-1-3-5-9/h1-7,12H,8,11H2. The molecule has 1 aromatic carbocycles. The van der Waals surface area contributed by atoms with Gasteiger partial charge >= 0.3 is 0 Å². The van der Waals surface area contributed by atoms with Crippen LogP contribution in [0.15, 0.2) is 52.8 Å². The highest BCUT2D eigenvalue weighted by atomic mass is 15.4. The molecule has 0 radical (unpaired) electrons. The lowest BCUT2D eigenvalue weighted by Crippen LogP contribution is -2.48. The molecule has 14 heavy (non-hydrogen) atoms. The molecule has 0 spiro atoms. The number of nitrogens with two attached hydrogens (primary N) is 1. The molecular weight excluding hydrogens is 176 g/mol. The van der Waals surface area contributed by atoms with Crippen LogP contribution in [0.3, 0.4) is 0 Å².